The minimum Gasteiger partial charge on any atom is -0.379 e. The summed E-state index contributed by atoms with van der Waals surface area (Å²) in [6.07, 6.45) is 2.14. The first-order valence-electron chi connectivity index (χ1n) is 9.09. The molecule has 0 saturated heterocycles. The molecule has 156 valence electrons. The van der Waals surface area contributed by atoms with Crippen LogP contribution in [0.15, 0.2) is 29.3 Å². The molecule has 0 aliphatic heterocycles. The molecule has 1 unspecified atom stereocenters. The molecule has 0 bridgehead atoms. The normalized spacial score (nSPS) is 12.4. The summed E-state index contributed by atoms with van der Waals surface area (Å²) in [5.41, 5.74) is 1.02. The minimum atomic E-state index is -0.108. The van der Waals surface area contributed by atoms with E-state index in [2.05, 4.69) is 22.5 Å². The van der Waals surface area contributed by atoms with Gasteiger partial charge in [0, 0.05) is 38.9 Å². The number of unbranched alkanes of at least 4 members (excludes halogenated alkanes) is 1. The Kier molecular flexibility index (Phi) is 17.1. The number of benzene rings is 1. The molecule has 0 heterocycles. The molecular formula is C19H33ClIN3O3. The van der Waals surface area contributed by atoms with Gasteiger partial charge in [-0.05, 0) is 24.1 Å². The van der Waals surface area contributed by atoms with Crippen molar-refractivity contribution in [3.8, 4) is 0 Å². The molecule has 2 N–H and O–H groups in total. The smallest absolute Gasteiger partial charge is 0.191 e. The Morgan fingerprint density at radius 2 is 1.89 bits per heavy atom. The Bertz CT molecular complexity index is 521. The molecule has 0 saturated carbocycles. The van der Waals surface area contributed by atoms with Gasteiger partial charge in [-0.15, -0.1) is 24.0 Å². The Morgan fingerprint density at radius 3 is 2.52 bits per heavy atom. The number of aliphatic imine (C=N–C) groups is 1. The number of halogens is 2. The fourth-order valence-electron chi connectivity index (χ4n) is 2.26. The lowest BCUT2D eigenvalue weighted by atomic mass is 10.1. The van der Waals surface area contributed by atoms with E-state index < -0.39 is 0 Å². The van der Waals surface area contributed by atoms with Crippen LogP contribution in [0.25, 0.3) is 0 Å². The second kappa shape index (κ2) is 17.5. The molecule has 1 rings (SSSR count). The van der Waals surface area contributed by atoms with Crippen molar-refractivity contribution >= 4 is 41.5 Å². The lowest BCUT2D eigenvalue weighted by molar-refractivity contribution is 0.0487. The maximum Gasteiger partial charge on any atom is 0.191 e. The molecule has 0 aromatic heterocycles. The highest BCUT2D eigenvalue weighted by atomic mass is 127. The molecule has 0 radical (unpaired) electrons. The molecule has 6 nitrogen and oxygen atoms in total. The lowest BCUT2D eigenvalue weighted by Crippen LogP contribution is -2.41. The summed E-state index contributed by atoms with van der Waals surface area (Å²) in [6.45, 7) is 6.06. The Hall–Kier alpha value is -0.610. The molecule has 8 heteroatoms. The molecular weight excluding hydrogens is 481 g/mol. The number of nitrogens with zero attached hydrogens (tertiary/aromatic N) is 1. The van der Waals surface area contributed by atoms with E-state index in [4.69, 9.17) is 25.8 Å². The van der Waals surface area contributed by atoms with Crippen LogP contribution < -0.4 is 10.6 Å². The number of hydrogen-bond acceptors (Lipinski definition) is 4. The number of hydrogen-bond donors (Lipinski definition) is 2. The largest absolute Gasteiger partial charge is 0.379 e. The van der Waals surface area contributed by atoms with Gasteiger partial charge in [-0.2, -0.15) is 0 Å². The van der Waals surface area contributed by atoms with E-state index in [1.54, 1.807) is 14.2 Å². The minimum absolute atomic E-state index is 0. The van der Waals surface area contributed by atoms with Gasteiger partial charge in [-0.3, -0.25) is 4.99 Å². The van der Waals surface area contributed by atoms with Crippen molar-refractivity contribution in [3.63, 3.8) is 0 Å². The zero-order valence-electron chi connectivity index (χ0n) is 16.5. The maximum absolute atomic E-state index is 6.05. The third-order valence-electron chi connectivity index (χ3n) is 3.74. The van der Waals surface area contributed by atoms with Gasteiger partial charge in [-0.1, -0.05) is 37.1 Å². The number of rotatable bonds is 13. The van der Waals surface area contributed by atoms with Crippen molar-refractivity contribution in [2.45, 2.75) is 25.9 Å². The van der Waals surface area contributed by atoms with Gasteiger partial charge in [0.2, 0.25) is 0 Å². The van der Waals surface area contributed by atoms with Crippen LogP contribution in [-0.2, 0) is 14.2 Å². The van der Waals surface area contributed by atoms with Gasteiger partial charge in [0.25, 0.3) is 0 Å². The fraction of sp³-hybridized carbons (Fsp3) is 0.632. The van der Waals surface area contributed by atoms with Crippen molar-refractivity contribution in [3.05, 3.63) is 34.9 Å². The van der Waals surface area contributed by atoms with Crippen LogP contribution >= 0.6 is 35.6 Å². The van der Waals surface area contributed by atoms with Crippen LogP contribution in [0.2, 0.25) is 5.02 Å². The number of methoxy groups -OCH3 is 1. The van der Waals surface area contributed by atoms with Crippen LogP contribution in [0.3, 0.4) is 0 Å². The van der Waals surface area contributed by atoms with E-state index in [0.29, 0.717) is 43.9 Å². The van der Waals surface area contributed by atoms with Crippen molar-refractivity contribution in [2.75, 3.05) is 53.7 Å². The molecule has 1 aromatic carbocycles. The summed E-state index contributed by atoms with van der Waals surface area (Å²) in [5.74, 6) is 0.705. The molecule has 0 aliphatic rings. The van der Waals surface area contributed by atoms with E-state index in [9.17, 15) is 0 Å². The summed E-state index contributed by atoms with van der Waals surface area (Å²) in [6, 6.07) is 7.67. The van der Waals surface area contributed by atoms with Crippen molar-refractivity contribution in [2.24, 2.45) is 4.99 Å². The first kappa shape index (κ1) is 26.4. The summed E-state index contributed by atoms with van der Waals surface area (Å²) in [4.78, 5) is 4.21. The van der Waals surface area contributed by atoms with Crippen LogP contribution in [-0.4, -0.2) is 59.6 Å². The SMILES string of the molecule is CCCCOCCOCCNC(=NC)NCC(OC)c1cccc(Cl)c1.I. The van der Waals surface area contributed by atoms with E-state index in [1.165, 1.54) is 0 Å². The summed E-state index contributed by atoms with van der Waals surface area (Å²) < 4.78 is 16.5. The topological polar surface area (TPSA) is 64.1 Å². The van der Waals surface area contributed by atoms with Gasteiger partial charge >= 0.3 is 0 Å². The molecule has 0 aliphatic carbocycles. The van der Waals surface area contributed by atoms with E-state index >= 15 is 0 Å². The number of nitrogens with one attached hydrogen (secondary N) is 2. The highest BCUT2D eigenvalue weighted by Gasteiger charge is 2.11. The van der Waals surface area contributed by atoms with E-state index in [1.807, 2.05) is 24.3 Å². The summed E-state index contributed by atoms with van der Waals surface area (Å²) in [5, 5.41) is 7.17. The van der Waals surface area contributed by atoms with Crippen molar-refractivity contribution < 1.29 is 14.2 Å². The first-order chi connectivity index (χ1) is 12.7. The highest BCUT2D eigenvalue weighted by molar-refractivity contribution is 14.0. The van der Waals surface area contributed by atoms with Crippen LogP contribution in [0.4, 0.5) is 0 Å². The average Bonchev–Trinajstić information content (AvgIpc) is 2.65. The third kappa shape index (κ3) is 12.5. The Morgan fingerprint density at radius 1 is 1.15 bits per heavy atom. The molecule has 1 atom stereocenters. The predicted molar refractivity (Wildman–Crippen MR) is 123 cm³/mol. The third-order valence-corrected chi connectivity index (χ3v) is 3.97. The van der Waals surface area contributed by atoms with E-state index in [0.717, 1.165) is 25.0 Å². The monoisotopic (exact) mass is 513 g/mol. The second-order valence-electron chi connectivity index (χ2n) is 5.74. The predicted octanol–water partition coefficient (Wildman–Crippen LogP) is 3.64. The van der Waals surface area contributed by atoms with Gasteiger partial charge in [0.15, 0.2) is 5.96 Å². The molecule has 27 heavy (non-hydrogen) atoms. The van der Waals surface area contributed by atoms with Gasteiger partial charge < -0.3 is 24.8 Å². The average molecular weight is 514 g/mol. The van der Waals surface area contributed by atoms with Gasteiger partial charge in [-0.25, -0.2) is 0 Å². The van der Waals surface area contributed by atoms with Gasteiger partial charge in [0.1, 0.15) is 0 Å². The van der Waals surface area contributed by atoms with Crippen LogP contribution in [0, 0.1) is 0 Å². The Labute approximate surface area is 185 Å². The van der Waals surface area contributed by atoms with Crippen molar-refractivity contribution in [1.29, 1.82) is 0 Å². The maximum atomic E-state index is 6.05. The molecule has 1 aromatic rings. The summed E-state index contributed by atoms with van der Waals surface area (Å²) >= 11 is 6.05. The molecule has 0 fully saturated rings. The van der Waals surface area contributed by atoms with Gasteiger partial charge in [0.05, 0.1) is 25.9 Å². The zero-order valence-corrected chi connectivity index (χ0v) is 19.6. The van der Waals surface area contributed by atoms with E-state index in [-0.39, 0.29) is 30.1 Å². The van der Waals surface area contributed by atoms with Crippen LogP contribution in [0.5, 0.6) is 0 Å². The molecule has 0 amide bonds. The van der Waals surface area contributed by atoms with Crippen molar-refractivity contribution in [1.82, 2.24) is 10.6 Å². The summed E-state index contributed by atoms with van der Waals surface area (Å²) in [7, 11) is 3.42. The number of guanidine groups is 1. The Balaban J connectivity index is 0.00000676. The lowest BCUT2D eigenvalue weighted by Gasteiger charge is -2.19. The zero-order chi connectivity index (χ0) is 19.0. The fourth-order valence-corrected chi connectivity index (χ4v) is 2.46. The second-order valence-corrected chi connectivity index (χ2v) is 6.17. The quantitative estimate of drug-likeness (QED) is 0.182. The molecule has 0 spiro atoms. The standard InChI is InChI=1S/C19H32ClN3O3.HI/c1-4-5-10-25-12-13-26-11-9-22-19(21-2)23-15-18(24-3)16-7-6-8-17(20)14-16;/h6-8,14,18H,4-5,9-13,15H2,1-3H3,(H2,21,22,23);1H. The highest BCUT2D eigenvalue weighted by Crippen LogP contribution is 2.19. The van der Waals surface area contributed by atoms with Crippen LogP contribution in [0.1, 0.15) is 31.4 Å². The number of ether oxygens (including phenoxy) is 3. The first-order valence-corrected chi connectivity index (χ1v) is 9.47.